The molecule has 4 rings (SSSR count). The number of amides is 2. The second-order valence-corrected chi connectivity index (χ2v) is 7.22. The maximum Gasteiger partial charge on any atom is 0.293 e. The number of halogens is 1. The zero-order valence-electron chi connectivity index (χ0n) is 17.3. The molecule has 0 atom stereocenters. The van der Waals surface area contributed by atoms with Crippen molar-refractivity contribution in [1.82, 2.24) is 0 Å². The summed E-state index contributed by atoms with van der Waals surface area (Å²) in [5, 5.41) is 6.51. The Labute approximate surface area is 188 Å². The second-order valence-electron chi connectivity index (χ2n) is 6.79. The monoisotopic (exact) mass is 450 g/mol. The minimum absolute atomic E-state index is 0.0386. The minimum Gasteiger partial charge on any atom is -0.497 e. The number of hydrogen-bond donors (Lipinski definition) is 2. The normalized spacial score (nSPS) is 10.6. The number of carbonyl (C=O) groups is 2. The van der Waals surface area contributed by atoms with Gasteiger partial charge in [-0.05, 0) is 42.5 Å². The first kappa shape index (κ1) is 21.3. The highest BCUT2D eigenvalue weighted by atomic mass is 35.5. The van der Waals surface area contributed by atoms with Gasteiger partial charge in [-0.15, -0.1) is 0 Å². The third kappa shape index (κ3) is 4.24. The number of fused-ring (bicyclic) bond motifs is 1. The molecule has 1 heterocycles. The van der Waals surface area contributed by atoms with Crippen LogP contribution < -0.4 is 20.1 Å². The van der Waals surface area contributed by atoms with E-state index < -0.39 is 11.8 Å². The molecule has 4 aromatic rings. The lowest BCUT2D eigenvalue weighted by Crippen LogP contribution is -2.17. The van der Waals surface area contributed by atoms with Gasteiger partial charge in [0.05, 0.1) is 19.8 Å². The highest BCUT2D eigenvalue weighted by Gasteiger charge is 2.24. The Kier molecular flexibility index (Phi) is 6.00. The molecule has 0 radical (unpaired) electrons. The van der Waals surface area contributed by atoms with Crippen LogP contribution in [-0.4, -0.2) is 26.0 Å². The Balaban J connectivity index is 1.71. The van der Waals surface area contributed by atoms with Gasteiger partial charge in [0.1, 0.15) is 22.8 Å². The Bertz CT molecular complexity index is 1310. The molecule has 7 nitrogen and oxygen atoms in total. The zero-order valence-corrected chi connectivity index (χ0v) is 18.0. The quantitative estimate of drug-likeness (QED) is 0.398. The summed E-state index contributed by atoms with van der Waals surface area (Å²) in [5.41, 5.74) is 1.44. The van der Waals surface area contributed by atoms with Gasteiger partial charge >= 0.3 is 0 Å². The van der Waals surface area contributed by atoms with Crippen molar-refractivity contribution >= 4 is 45.8 Å². The van der Waals surface area contributed by atoms with Crippen LogP contribution in [0.4, 0.5) is 11.4 Å². The van der Waals surface area contributed by atoms with Gasteiger partial charge in [-0.25, -0.2) is 0 Å². The van der Waals surface area contributed by atoms with Gasteiger partial charge in [0, 0.05) is 22.2 Å². The maximum absolute atomic E-state index is 13.1. The fourth-order valence-electron chi connectivity index (χ4n) is 3.26. The second kappa shape index (κ2) is 9.03. The number of nitrogens with one attached hydrogen (secondary N) is 2. The van der Waals surface area contributed by atoms with Crippen molar-refractivity contribution in [2.75, 3.05) is 24.9 Å². The smallest absolute Gasteiger partial charge is 0.293 e. The van der Waals surface area contributed by atoms with E-state index in [9.17, 15) is 9.59 Å². The summed E-state index contributed by atoms with van der Waals surface area (Å²) >= 11 is 6.06. The Hall–Kier alpha value is -3.97. The molecule has 0 aliphatic heterocycles. The minimum atomic E-state index is -0.525. The van der Waals surface area contributed by atoms with Crippen LogP contribution >= 0.6 is 11.6 Å². The van der Waals surface area contributed by atoms with E-state index in [-0.39, 0.29) is 17.0 Å². The van der Waals surface area contributed by atoms with Crippen LogP contribution in [0.5, 0.6) is 11.5 Å². The van der Waals surface area contributed by atoms with Crippen molar-refractivity contribution in [3.05, 3.63) is 83.1 Å². The van der Waals surface area contributed by atoms with Crippen molar-refractivity contribution in [3.63, 3.8) is 0 Å². The average molecular weight is 451 g/mol. The van der Waals surface area contributed by atoms with E-state index in [0.717, 1.165) is 0 Å². The van der Waals surface area contributed by atoms with Crippen LogP contribution in [0.25, 0.3) is 11.0 Å². The van der Waals surface area contributed by atoms with Gasteiger partial charge in [0.15, 0.2) is 0 Å². The number of hydrogen-bond acceptors (Lipinski definition) is 5. The first-order valence-electron chi connectivity index (χ1n) is 9.62. The van der Waals surface area contributed by atoms with Gasteiger partial charge in [-0.3, -0.25) is 9.59 Å². The number of carbonyl (C=O) groups excluding carboxylic acids is 2. The molecule has 1 aromatic heterocycles. The van der Waals surface area contributed by atoms with Gasteiger partial charge in [-0.2, -0.15) is 0 Å². The lowest BCUT2D eigenvalue weighted by Gasteiger charge is -2.11. The Morgan fingerprint density at radius 2 is 1.69 bits per heavy atom. The average Bonchev–Trinajstić information content (AvgIpc) is 3.17. The third-order valence-corrected chi connectivity index (χ3v) is 5.01. The van der Waals surface area contributed by atoms with Crippen molar-refractivity contribution in [1.29, 1.82) is 0 Å². The number of rotatable bonds is 6. The summed E-state index contributed by atoms with van der Waals surface area (Å²) in [6.45, 7) is 0. The van der Waals surface area contributed by atoms with Gasteiger partial charge in [0.25, 0.3) is 11.8 Å². The molecule has 162 valence electrons. The topological polar surface area (TPSA) is 89.8 Å². The first-order valence-corrected chi connectivity index (χ1v) is 9.99. The van der Waals surface area contributed by atoms with E-state index in [4.69, 9.17) is 25.5 Å². The molecule has 0 bridgehead atoms. The molecule has 3 aromatic carbocycles. The lowest BCUT2D eigenvalue weighted by atomic mass is 10.1. The summed E-state index contributed by atoms with van der Waals surface area (Å²) in [6.07, 6.45) is 0. The predicted molar refractivity (Wildman–Crippen MR) is 123 cm³/mol. The van der Waals surface area contributed by atoms with Gasteiger partial charge in [0.2, 0.25) is 5.76 Å². The van der Waals surface area contributed by atoms with E-state index in [1.165, 1.54) is 20.3 Å². The summed E-state index contributed by atoms with van der Waals surface area (Å²) in [6, 6.07) is 18.7. The van der Waals surface area contributed by atoms with Crippen molar-refractivity contribution < 1.29 is 23.5 Å². The van der Waals surface area contributed by atoms with Crippen LogP contribution in [0.2, 0.25) is 5.02 Å². The molecule has 0 aliphatic rings. The largest absolute Gasteiger partial charge is 0.497 e. The third-order valence-electron chi connectivity index (χ3n) is 4.77. The molecule has 8 heteroatoms. The summed E-state index contributed by atoms with van der Waals surface area (Å²) < 4.78 is 16.3. The number of para-hydroxylation sites is 1. The van der Waals surface area contributed by atoms with E-state index >= 15 is 0 Å². The van der Waals surface area contributed by atoms with E-state index in [0.29, 0.717) is 33.2 Å². The van der Waals surface area contributed by atoms with E-state index in [1.807, 2.05) is 0 Å². The number of furan rings is 1. The number of methoxy groups -OCH3 is 2. The Morgan fingerprint density at radius 1 is 0.875 bits per heavy atom. The molecular weight excluding hydrogens is 432 g/mol. The molecule has 2 N–H and O–H groups in total. The molecule has 2 amide bonds. The highest BCUT2D eigenvalue weighted by Crippen LogP contribution is 2.33. The fraction of sp³-hybridized carbons (Fsp3) is 0.0833. The van der Waals surface area contributed by atoms with E-state index in [1.54, 1.807) is 60.7 Å². The van der Waals surface area contributed by atoms with Crippen molar-refractivity contribution in [2.45, 2.75) is 0 Å². The number of ether oxygens (including phenoxy) is 2. The van der Waals surface area contributed by atoms with E-state index in [2.05, 4.69) is 10.6 Å². The molecule has 0 saturated carbocycles. The standard InChI is InChI=1S/C24H19ClN2O5/c1-30-16-7-5-6-15(13-16)26-24(29)22-21(17-8-3-4-9-20(17)32-22)27-23(28)18-12-14(25)10-11-19(18)31-2/h3-13H,1-2H3,(H,26,29)(H,27,28). The first-order chi connectivity index (χ1) is 15.5. The number of benzene rings is 3. The lowest BCUT2D eigenvalue weighted by molar-refractivity contribution is 0.0999. The molecule has 0 saturated heterocycles. The predicted octanol–water partition coefficient (Wildman–Crippen LogP) is 5.61. The summed E-state index contributed by atoms with van der Waals surface area (Å²) in [5.74, 6) is -0.117. The Morgan fingerprint density at radius 3 is 2.47 bits per heavy atom. The molecule has 32 heavy (non-hydrogen) atoms. The maximum atomic E-state index is 13.1. The van der Waals surface area contributed by atoms with Crippen molar-refractivity contribution in [3.8, 4) is 11.5 Å². The molecule has 0 aliphatic carbocycles. The highest BCUT2D eigenvalue weighted by molar-refractivity contribution is 6.31. The number of anilines is 2. The zero-order chi connectivity index (χ0) is 22.7. The molecule has 0 unspecified atom stereocenters. The molecular formula is C24H19ClN2O5. The SMILES string of the molecule is COc1cccc(NC(=O)c2oc3ccccc3c2NC(=O)c2cc(Cl)ccc2OC)c1. The molecule has 0 spiro atoms. The fourth-order valence-corrected chi connectivity index (χ4v) is 3.43. The van der Waals surface area contributed by atoms with Gasteiger partial charge in [-0.1, -0.05) is 29.8 Å². The summed E-state index contributed by atoms with van der Waals surface area (Å²) in [4.78, 5) is 26.1. The van der Waals surface area contributed by atoms with Crippen LogP contribution in [0.3, 0.4) is 0 Å². The van der Waals surface area contributed by atoms with Gasteiger partial charge < -0.3 is 24.5 Å². The van der Waals surface area contributed by atoms with Crippen molar-refractivity contribution in [2.24, 2.45) is 0 Å². The van der Waals surface area contributed by atoms with Crippen LogP contribution in [0.15, 0.2) is 71.1 Å². The summed E-state index contributed by atoms with van der Waals surface area (Å²) in [7, 11) is 3.00. The van der Waals surface area contributed by atoms with Crippen LogP contribution in [-0.2, 0) is 0 Å². The van der Waals surface area contributed by atoms with Crippen LogP contribution in [0, 0.1) is 0 Å². The van der Waals surface area contributed by atoms with Crippen LogP contribution in [0.1, 0.15) is 20.9 Å². The molecule has 0 fully saturated rings.